The lowest BCUT2D eigenvalue weighted by Crippen LogP contribution is -2.37. The topological polar surface area (TPSA) is 53.1 Å². The van der Waals surface area contributed by atoms with Gasteiger partial charge in [-0.3, -0.25) is 10.3 Å². The Morgan fingerprint density at radius 3 is 2.13 bits per heavy atom. The number of nitrogens with one attached hydrogen (secondary N) is 1. The van der Waals surface area contributed by atoms with Gasteiger partial charge in [-0.2, -0.15) is 13.2 Å². The van der Waals surface area contributed by atoms with Crippen molar-refractivity contribution in [1.82, 2.24) is 4.90 Å². The van der Waals surface area contributed by atoms with Crippen molar-refractivity contribution in [1.29, 1.82) is 5.41 Å². The summed E-state index contributed by atoms with van der Waals surface area (Å²) < 4.78 is 35.9. The first-order valence-corrected chi connectivity index (χ1v) is 4.64. The smallest absolute Gasteiger partial charge is 0.387 e. The highest BCUT2D eigenvalue weighted by Gasteiger charge is 2.30. The number of nitrogens with zero attached hydrogens (tertiary/aromatic N) is 1. The van der Waals surface area contributed by atoms with Gasteiger partial charge in [0.25, 0.3) is 0 Å². The first kappa shape index (κ1) is 14.2. The van der Waals surface area contributed by atoms with Crippen molar-refractivity contribution in [2.24, 2.45) is 11.1 Å². The first-order valence-electron chi connectivity index (χ1n) is 4.64. The zero-order valence-electron chi connectivity index (χ0n) is 9.28. The summed E-state index contributed by atoms with van der Waals surface area (Å²) in [5.41, 5.74) is 4.78. The third-order valence-electron chi connectivity index (χ3n) is 2.30. The molecular formula is C9H18F3N3. The van der Waals surface area contributed by atoms with E-state index in [1.807, 2.05) is 0 Å². The van der Waals surface area contributed by atoms with E-state index in [0.717, 1.165) is 0 Å². The molecule has 0 radical (unpaired) electrons. The Balaban J connectivity index is 4.01. The predicted molar refractivity (Wildman–Crippen MR) is 53.9 cm³/mol. The quantitative estimate of drug-likeness (QED) is 0.554. The molecule has 0 bridgehead atoms. The van der Waals surface area contributed by atoms with Gasteiger partial charge in [-0.25, -0.2) is 0 Å². The van der Waals surface area contributed by atoms with E-state index in [1.54, 1.807) is 13.8 Å². The van der Waals surface area contributed by atoms with Crippen LogP contribution >= 0.6 is 0 Å². The van der Waals surface area contributed by atoms with Crippen molar-refractivity contribution >= 4 is 5.84 Å². The minimum Gasteiger partial charge on any atom is -0.387 e. The molecule has 0 aromatic carbocycles. The Hall–Kier alpha value is -0.780. The Bertz CT molecular complexity index is 223. The molecule has 0 atom stereocenters. The van der Waals surface area contributed by atoms with Crippen LogP contribution < -0.4 is 5.73 Å². The van der Waals surface area contributed by atoms with Gasteiger partial charge >= 0.3 is 6.18 Å². The number of rotatable bonds is 5. The van der Waals surface area contributed by atoms with Crippen molar-refractivity contribution in [3.05, 3.63) is 0 Å². The highest BCUT2D eigenvalue weighted by Crippen LogP contribution is 2.21. The van der Waals surface area contributed by atoms with Gasteiger partial charge < -0.3 is 5.73 Å². The molecule has 0 spiro atoms. The van der Waals surface area contributed by atoms with Crippen LogP contribution in [0.15, 0.2) is 0 Å². The minimum atomic E-state index is -4.17. The minimum absolute atomic E-state index is 0.00269. The van der Waals surface area contributed by atoms with Crippen molar-refractivity contribution in [2.75, 3.05) is 20.1 Å². The third-order valence-corrected chi connectivity index (χ3v) is 2.30. The maximum absolute atomic E-state index is 12.0. The van der Waals surface area contributed by atoms with Crippen LogP contribution in [0.4, 0.5) is 13.2 Å². The summed E-state index contributed by atoms with van der Waals surface area (Å²) in [6.45, 7) is 2.83. The highest BCUT2D eigenvalue weighted by molar-refractivity contribution is 5.82. The second-order valence-corrected chi connectivity index (χ2v) is 4.40. The zero-order chi connectivity index (χ0) is 12.3. The second-order valence-electron chi connectivity index (χ2n) is 4.40. The largest absolute Gasteiger partial charge is 0.401 e. The Morgan fingerprint density at radius 2 is 1.80 bits per heavy atom. The molecule has 3 N–H and O–H groups in total. The number of hydrogen-bond donors (Lipinski definition) is 2. The number of nitrogens with two attached hydrogens (primary N) is 1. The summed E-state index contributed by atoms with van der Waals surface area (Å²) in [5.74, 6) is 0.00269. The van der Waals surface area contributed by atoms with Gasteiger partial charge in [0.2, 0.25) is 0 Å². The monoisotopic (exact) mass is 225 g/mol. The molecule has 0 saturated heterocycles. The summed E-state index contributed by atoms with van der Waals surface area (Å²) in [6, 6.07) is 0. The zero-order valence-corrected chi connectivity index (χ0v) is 9.28. The molecule has 0 aromatic rings. The van der Waals surface area contributed by atoms with Gasteiger partial charge in [0.15, 0.2) is 0 Å². The standard InChI is InChI=1S/C9H18F3N3/c1-8(2,7(13)14)4-5-15(3)6-9(10,11)12/h4-6H2,1-3H3,(H3,13,14). The third kappa shape index (κ3) is 6.33. The average molecular weight is 225 g/mol. The van der Waals surface area contributed by atoms with Crippen molar-refractivity contribution in [2.45, 2.75) is 26.4 Å². The van der Waals surface area contributed by atoms with E-state index in [9.17, 15) is 13.2 Å². The van der Waals surface area contributed by atoms with Crippen LogP contribution in [-0.4, -0.2) is 37.0 Å². The molecule has 0 aliphatic heterocycles. The van der Waals surface area contributed by atoms with E-state index >= 15 is 0 Å². The number of alkyl halides is 3. The van der Waals surface area contributed by atoms with Crippen LogP contribution in [0, 0.1) is 10.8 Å². The number of halogens is 3. The van der Waals surface area contributed by atoms with Crippen LogP contribution in [0.25, 0.3) is 0 Å². The van der Waals surface area contributed by atoms with E-state index in [4.69, 9.17) is 11.1 Å². The fraction of sp³-hybridized carbons (Fsp3) is 0.889. The van der Waals surface area contributed by atoms with Crippen LogP contribution in [0.5, 0.6) is 0 Å². The molecule has 0 aliphatic carbocycles. The summed E-state index contributed by atoms with van der Waals surface area (Å²) in [4.78, 5) is 1.19. The van der Waals surface area contributed by atoms with Gasteiger partial charge in [0, 0.05) is 5.41 Å². The highest BCUT2D eigenvalue weighted by atomic mass is 19.4. The molecule has 0 aromatic heterocycles. The molecule has 0 saturated carbocycles. The molecule has 0 amide bonds. The van der Waals surface area contributed by atoms with E-state index in [2.05, 4.69) is 0 Å². The van der Waals surface area contributed by atoms with Crippen molar-refractivity contribution in [3.8, 4) is 0 Å². The fourth-order valence-electron chi connectivity index (χ4n) is 0.990. The molecule has 0 fully saturated rings. The maximum atomic E-state index is 12.0. The van der Waals surface area contributed by atoms with E-state index in [1.165, 1.54) is 11.9 Å². The molecule has 90 valence electrons. The molecule has 3 nitrogen and oxygen atoms in total. The van der Waals surface area contributed by atoms with E-state index in [-0.39, 0.29) is 12.4 Å². The van der Waals surface area contributed by atoms with E-state index in [0.29, 0.717) is 6.42 Å². The lowest BCUT2D eigenvalue weighted by Gasteiger charge is -2.26. The molecule has 0 rings (SSSR count). The molecule has 0 aliphatic rings. The summed E-state index contributed by atoms with van der Waals surface area (Å²) in [5, 5.41) is 7.26. The summed E-state index contributed by atoms with van der Waals surface area (Å²) >= 11 is 0. The summed E-state index contributed by atoms with van der Waals surface area (Å²) in [6.07, 6.45) is -3.73. The van der Waals surface area contributed by atoms with Crippen molar-refractivity contribution in [3.63, 3.8) is 0 Å². The first-order chi connectivity index (χ1) is 6.54. The van der Waals surface area contributed by atoms with Gasteiger partial charge in [-0.15, -0.1) is 0 Å². The van der Waals surface area contributed by atoms with Crippen LogP contribution in [0.3, 0.4) is 0 Å². The number of hydrogen-bond acceptors (Lipinski definition) is 2. The van der Waals surface area contributed by atoms with Gasteiger partial charge in [-0.05, 0) is 20.0 Å². The van der Waals surface area contributed by atoms with Crippen LogP contribution in [0.1, 0.15) is 20.3 Å². The molecule has 15 heavy (non-hydrogen) atoms. The molecular weight excluding hydrogens is 207 g/mol. The van der Waals surface area contributed by atoms with Crippen LogP contribution in [-0.2, 0) is 0 Å². The Labute approximate surface area is 87.9 Å². The van der Waals surface area contributed by atoms with E-state index < -0.39 is 18.1 Å². The van der Waals surface area contributed by atoms with Crippen LogP contribution in [0.2, 0.25) is 0 Å². The summed E-state index contributed by atoms with van der Waals surface area (Å²) in [7, 11) is 1.41. The molecule has 0 heterocycles. The number of amidine groups is 1. The predicted octanol–water partition coefficient (Wildman–Crippen LogP) is 1.83. The lowest BCUT2D eigenvalue weighted by molar-refractivity contribution is -0.143. The average Bonchev–Trinajstić information content (AvgIpc) is 1.97. The van der Waals surface area contributed by atoms with Gasteiger partial charge in [-0.1, -0.05) is 13.8 Å². The Morgan fingerprint density at radius 1 is 1.33 bits per heavy atom. The van der Waals surface area contributed by atoms with Crippen molar-refractivity contribution < 1.29 is 13.2 Å². The second kappa shape index (κ2) is 4.83. The van der Waals surface area contributed by atoms with Gasteiger partial charge in [0.1, 0.15) is 0 Å². The van der Waals surface area contributed by atoms with Gasteiger partial charge in [0.05, 0.1) is 12.4 Å². The SMILES string of the molecule is CN(CCC(C)(C)C(=N)N)CC(F)(F)F. The fourth-order valence-corrected chi connectivity index (χ4v) is 0.990. The Kier molecular flexibility index (Phi) is 4.58. The molecule has 0 unspecified atom stereocenters. The lowest BCUT2D eigenvalue weighted by atomic mass is 9.88. The molecule has 6 heteroatoms. The maximum Gasteiger partial charge on any atom is 0.401 e. The normalized spacial score (nSPS) is 13.3.